The zero-order valence-corrected chi connectivity index (χ0v) is 22.3. The van der Waals surface area contributed by atoms with Crippen LogP contribution in [0.1, 0.15) is 53.9 Å². The van der Waals surface area contributed by atoms with Gasteiger partial charge in [-0.15, -0.1) is 11.6 Å². The summed E-state index contributed by atoms with van der Waals surface area (Å²) in [5.41, 5.74) is -2.42. The van der Waals surface area contributed by atoms with Crippen LogP contribution >= 0.6 is 11.6 Å². The molecule has 4 aliphatic rings. The molecule has 1 saturated carbocycles. The van der Waals surface area contributed by atoms with Crippen molar-refractivity contribution < 1.29 is 48.0 Å². The van der Waals surface area contributed by atoms with Crippen LogP contribution in [0.15, 0.2) is 24.3 Å². The SMILES string of the molecule is C=C1CC[C@@H](OC(C)=O)[C@@]2(C)[C@@H](OC(C)=O)C[C@@]3(O)O[C@@]4([C@H](C)C(=O)O[C@@H]4[C@H](Cl)C3=C)[C@@H](OC(C)=O)[C@H]12. The Hall–Kier alpha value is -2.43. The van der Waals surface area contributed by atoms with Gasteiger partial charge in [0.1, 0.15) is 18.3 Å². The number of halogens is 1. The van der Waals surface area contributed by atoms with Crippen LogP contribution in [0.5, 0.6) is 0 Å². The molecule has 4 rings (SSSR count). The lowest BCUT2D eigenvalue weighted by Gasteiger charge is -2.62. The topological polar surface area (TPSA) is 135 Å². The first-order valence-electron chi connectivity index (χ1n) is 12.2. The highest BCUT2D eigenvalue weighted by Crippen LogP contribution is 2.62. The summed E-state index contributed by atoms with van der Waals surface area (Å²) in [6.07, 6.45) is -4.01. The van der Waals surface area contributed by atoms with Gasteiger partial charge in [0.15, 0.2) is 17.5 Å². The third-order valence-electron chi connectivity index (χ3n) is 8.51. The predicted molar refractivity (Wildman–Crippen MR) is 128 cm³/mol. The zero-order valence-electron chi connectivity index (χ0n) is 21.6. The average Bonchev–Trinajstić information content (AvgIpc) is 3.03. The number of hydrogen-bond donors (Lipinski definition) is 1. The van der Waals surface area contributed by atoms with Crippen molar-refractivity contribution in [2.45, 2.75) is 95.1 Å². The highest BCUT2D eigenvalue weighted by atomic mass is 35.5. The molecule has 0 aromatic rings. The van der Waals surface area contributed by atoms with Crippen LogP contribution in [0.25, 0.3) is 0 Å². The van der Waals surface area contributed by atoms with Crippen LogP contribution in [0.2, 0.25) is 0 Å². The number of alkyl halides is 1. The largest absolute Gasteiger partial charge is 0.462 e. The predicted octanol–water partition coefficient (Wildman–Crippen LogP) is 2.34. The van der Waals surface area contributed by atoms with Crippen molar-refractivity contribution in [1.82, 2.24) is 0 Å². The molecule has 1 N–H and O–H groups in total. The van der Waals surface area contributed by atoms with Crippen molar-refractivity contribution in [3.63, 3.8) is 0 Å². The molecule has 3 heterocycles. The second-order valence-corrected chi connectivity index (χ2v) is 11.2. The number of fused-ring (bicyclic) bond motifs is 2. The van der Waals surface area contributed by atoms with Gasteiger partial charge in [0, 0.05) is 38.7 Å². The van der Waals surface area contributed by atoms with E-state index in [1.807, 2.05) is 0 Å². The summed E-state index contributed by atoms with van der Waals surface area (Å²) in [6, 6.07) is 0. The van der Waals surface area contributed by atoms with Gasteiger partial charge in [-0.3, -0.25) is 19.2 Å². The van der Waals surface area contributed by atoms with Crippen LogP contribution in [0.3, 0.4) is 0 Å². The van der Waals surface area contributed by atoms with E-state index >= 15 is 0 Å². The van der Waals surface area contributed by atoms with Gasteiger partial charge < -0.3 is 28.8 Å². The van der Waals surface area contributed by atoms with E-state index in [9.17, 15) is 24.3 Å². The third-order valence-corrected chi connectivity index (χ3v) is 9.00. The number of aliphatic hydroxyl groups is 1. The van der Waals surface area contributed by atoms with Gasteiger partial charge in [-0.05, 0) is 19.8 Å². The Morgan fingerprint density at radius 1 is 1.05 bits per heavy atom. The average molecular weight is 541 g/mol. The fraction of sp³-hybridized carbons (Fsp3) is 0.692. The zero-order chi connectivity index (χ0) is 27.7. The Morgan fingerprint density at radius 2 is 1.62 bits per heavy atom. The van der Waals surface area contributed by atoms with Crippen LogP contribution in [0, 0.1) is 17.3 Å². The highest BCUT2D eigenvalue weighted by molar-refractivity contribution is 6.23. The summed E-state index contributed by atoms with van der Waals surface area (Å²) in [4.78, 5) is 50.0. The van der Waals surface area contributed by atoms with Gasteiger partial charge >= 0.3 is 23.9 Å². The molecule has 0 radical (unpaired) electrons. The summed E-state index contributed by atoms with van der Waals surface area (Å²) in [6.45, 7) is 15.1. The Balaban J connectivity index is 2.06. The first-order valence-corrected chi connectivity index (χ1v) is 12.7. The third kappa shape index (κ3) is 3.99. The van der Waals surface area contributed by atoms with E-state index in [0.717, 1.165) is 0 Å². The summed E-state index contributed by atoms with van der Waals surface area (Å²) in [5.74, 6) is -6.65. The molecule has 3 aliphatic heterocycles. The lowest BCUT2D eigenvalue weighted by molar-refractivity contribution is -0.344. The highest BCUT2D eigenvalue weighted by Gasteiger charge is 2.76. The minimum Gasteiger partial charge on any atom is -0.462 e. The van der Waals surface area contributed by atoms with Crippen molar-refractivity contribution in [2.24, 2.45) is 17.3 Å². The molecule has 2 bridgehead atoms. The summed E-state index contributed by atoms with van der Waals surface area (Å²) >= 11 is 6.75. The second kappa shape index (κ2) is 9.10. The number of rotatable bonds is 3. The van der Waals surface area contributed by atoms with Gasteiger partial charge in [-0.25, -0.2) is 0 Å². The van der Waals surface area contributed by atoms with Crippen molar-refractivity contribution in [3.05, 3.63) is 24.3 Å². The number of carbonyl (C=O) groups excluding carboxylic acids is 4. The van der Waals surface area contributed by atoms with E-state index in [-0.39, 0.29) is 12.0 Å². The fourth-order valence-electron chi connectivity index (χ4n) is 6.78. The molecule has 1 aliphatic carbocycles. The van der Waals surface area contributed by atoms with Crippen molar-refractivity contribution in [2.75, 3.05) is 0 Å². The molecular formula is C26H33ClO10. The maximum Gasteiger partial charge on any atom is 0.312 e. The molecule has 204 valence electrons. The molecule has 10 atom stereocenters. The first kappa shape index (κ1) is 27.6. The Bertz CT molecular complexity index is 1070. The molecule has 0 unspecified atom stereocenters. The Kier molecular flexibility index (Phi) is 6.79. The van der Waals surface area contributed by atoms with E-state index in [0.29, 0.717) is 18.4 Å². The van der Waals surface area contributed by atoms with E-state index < -0.39 is 82.3 Å². The number of ether oxygens (including phenoxy) is 5. The lowest BCUT2D eigenvalue weighted by Crippen LogP contribution is -2.75. The summed E-state index contributed by atoms with van der Waals surface area (Å²) < 4.78 is 29.5. The van der Waals surface area contributed by atoms with E-state index in [2.05, 4.69) is 13.2 Å². The van der Waals surface area contributed by atoms with Crippen LogP contribution in [0.4, 0.5) is 0 Å². The molecular weight excluding hydrogens is 508 g/mol. The Labute approximate surface area is 220 Å². The van der Waals surface area contributed by atoms with Crippen molar-refractivity contribution >= 4 is 35.5 Å². The van der Waals surface area contributed by atoms with Crippen LogP contribution in [-0.4, -0.2) is 70.2 Å². The standard InChI is InChI=1S/C26H33ClO10/c1-11-8-9-17(33-14(4)28)24(7)18(34-15(5)29)10-25(32)12(2)20(27)22-26(37-25,13(3)23(31)36-22)21(19(11)24)35-16(6)30/h13,17-22,32H,1-2,8-10H2,3-7H3/t13-,17-,18+,19+,20-,21+,22-,24+,25-,26+/m1/s1. The summed E-state index contributed by atoms with van der Waals surface area (Å²) in [5, 5.41) is 10.8. The molecule has 11 heteroatoms. The van der Waals surface area contributed by atoms with Gasteiger partial charge in [0.05, 0.1) is 16.7 Å². The minimum atomic E-state index is -2.21. The van der Waals surface area contributed by atoms with Crippen LogP contribution in [-0.2, 0) is 42.9 Å². The normalized spacial score (nSPS) is 44.9. The lowest BCUT2D eigenvalue weighted by atomic mass is 9.53. The van der Waals surface area contributed by atoms with E-state index in [1.54, 1.807) is 13.8 Å². The fourth-order valence-corrected chi connectivity index (χ4v) is 7.20. The molecule has 1 spiro atoms. The number of hydrogen-bond acceptors (Lipinski definition) is 10. The van der Waals surface area contributed by atoms with Gasteiger partial charge in [-0.1, -0.05) is 25.7 Å². The van der Waals surface area contributed by atoms with Gasteiger partial charge in [0.2, 0.25) is 0 Å². The number of carbonyl (C=O) groups is 4. The second-order valence-electron chi connectivity index (χ2n) is 10.7. The molecule has 3 saturated heterocycles. The summed E-state index contributed by atoms with van der Waals surface area (Å²) in [7, 11) is 0. The Morgan fingerprint density at radius 3 is 2.19 bits per heavy atom. The first-order chi connectivity index (χ1) is 17.1. The molecule has 4 fully saturated rings. The van der Waals surface area contributed by atoms with Crippen molar-refractivity contribution in [3.8, 4) is 0 Å². The van der Waals surface area contributed by atoms with Gasteiger partial charge in [0.25, 0.3) is 0 Å². The number of esters is 4. The molecule has 37 heavy (non-hydrogen) atoms. The maximum absolute atomic E-state index is 13.0. The molecule has 10 nitrogen and oxygen atoms in total. The quantitative estimate of drug-likeness (QED) is 0.246. The molecule has 0 amide bonds. The van der Waals surface area contributed by atoms with E-state index in [4.69, 9.17) is 35.3 Å². The maximum atomic E-state index is 13.0. The minimum absolute atomic E-state index is 0.00357. The van der Waals surface area contributed by atoms with Crippen molar-refractivity contribution in [1.29, 1.82) is 0 Å². The van der Waals surface area contributed by atoms with Gasteiger partial charge in [-0.2, -0.15) is 0 Å². The molecule has 0 aromatic heterocycles. The smallest absolute Gasteiger partial charge is 0.312 e. The van der Waals surface area contributed by atoms with Crippen LogP contribution < -0.4 is 0 Å². The monoisotopic (exact) mass is 540 g/mol. The molecule has 0 aromatic carbocycles. The van der Waals surface area contributed by atoms with E-state index in [1.165, 1.54) is 20.8 Å².